The SMILES string of the molecule is C/C=C\C(=C/CC)c1ncn(C/C=C(/COC2=NC=CC=CC2)NC)n1.C=O. The fraction of sp³-hybridized carbons (Fsp3) is 0.333. The summed E-state index contributed by atoms with van der Waals surface area (Å²) in [5.74, 6) is 1.45. The van der Waals surface area contributed by atoms with Crippen molar-refractivity contribution in [1.82, 2.24) is 20.1 Å². The molecular formula is C21H29N5O2. The maximum absolute atomic E-state index is 8.00. The second kappa shape index (κ2) is 13.9. The van der Waals surface area contributed by atoms with Crippen molar-refractivity contribution >= 4 is 18.3 Å². The zero-order valence-corrected chi connectivity index (χ0v) is 16.8. The lowest BCUT2D eigenvalue weighted by atomic mass is 10.2. The van der Waals surface area contributed by atoms with Crippen LogP contribution in [0.3, 0.4) is 0 Å². The molecule has 150 valence electrons. The van der Waals surface area contributed by atoms with Gasteiger partial charge in [0.2, 0.25) is 0 Å². The molecule has 0 atom stereocenters. The van der Waals surface area contributed by atoms with Gasteiger partial charge in [0.05, 0.1) is 6.54 Å². The van der Waals surface area contributed by atoms with Crippen molar-refractivity contribution in [2.45, 2.75) is 33.2 Å². The molecule has 2 heterocycles. The molecule has 2 rings (SSSR count). The van der Waals surface area contributed by atoms with E-state index in [0.29, 0.717) is 25.5 Å². The number of aliphatic imine (C=N–C) groups is 1. The fourth-order valence-electron chi connectivity index (χ4n) is 2.32. The number of nitrogens with one attached hydrogen (secondary N) is 1. The van der Waals surface area contributed by atoms with Gasteiger partial charge in [0.1, 0.15) is 19.7 Å². The van der Waals surface area contributed by atoms with Crippen molar-refractivity contribution < 1.29 is 9.53 Å². The van der Waals surface area contributed by atoms with Gasteiger partial charge in [-0.2, -0.15) is 5.10 Å². The van der Waals surface area contributed by atoms with Crippen LogP contribution in [0.1, 0.15) is 32.5 Å². The molecule has 0 aliphatic carbocycles. The minimum Gasteiger partial charge on any atom is -0.474 e. The van der Waals surface area contributed by atoms with E-state index >= 15 is 0 Å². The van der Waals surface area contributed by atoms with Crippen LogP contribution in [-0.4, -0.2) is 41.1 Å². The van der Waals surface area contributed by atoms with Gasteiger partial charge in [-0.05, 0) is 25.5 Å². The number of carbonyl (C=O) groups is 1. The Bertz CT molecular complexity index is 770. The highest BCUT2D eigenvalue weighted by Crippen LogP contribution is 2.12. The summed E-state index contributed by atoms with van der Waals surface area (Å²) >= 11 is 0. The zero-order valence-electron chi connectivity index (χ0n) is 16.8. The van der Waals surface area contributed by atoms with Crippen LogP contribution >= 0.6 is 0 Å². The molecule has 0 aromatic carbocycles. The average molecular weight is 383 g/mol. The summed E-state index contributed by atoms with van der Waals surface area (Å²) in [5.41, 5.74) is 2.02. The molecule has 0 unspecified atom stereocenters. The monoisotopic (exact) mass is 383 g/mol. The number of rotatable bonds is 8. The highest BCUT2D eigenvalue weighted by atomic mass is 16.5. The van der Waals surface area contributed by atoms with Crippen LogP contribution in [0.15, 0.2) is 65.7 Å². The molecule has 1 aromatic rings. The molecule has 1 aromatic heterocycles. The number of nitrogens with zero attached hydrogens (tertiary/aromatic N) is 4. The summed E-state index contributed by atoms with van der Waals surface area (Å²) in [7, 11) is 1.88. The Hall–Kier alpha value is -3.22. The Morgan fingerprint density at radius 2 is 2.18 bits per heavy atom. The molecule has 28 heavy (non-hydrogen) atoms. The van der Waals surface area contributed by atoms with E-state index in [1.165, 1.54) is 0 Å². The summed E-state index contributed by atoms with van der Waals surface area (Å²) in [6.45, 7) is 7.16. The van der Waals surface area contributed by atoms with Gasteiger partial charge >= 0.3 is 0 Å². The minimum atomic E-state index is 0.443. The number of ether oxygens (including phenoxy) is 1. The number of allylic oxidation sites excluding steroid dienone is 7. The van der Waals surface area contributed by atoms with E-state index in [9.17, 15) is 0 Å². The van der Waals surface area contributed by atoms with Crippen LogP contribution < -0.4 is 5.32 Å². The molecule has 7 heteroatoms. The number of carbonyl (C=O) groups excluding carboxylic acids is 1. The lowest BCUT2D eigenvalue weighted by molar-refractivity contribution is -0.0979. The summed E-state index contributed by atoms with van der Waals surface area (Å²) < 4.78 is 7.58. The number of hydrogen-bond donors (Lipinski definition) is 1. The van der Waals surface area contributed by atoms with E-state index in [2.05, 4.69) is 33.4 Å². The molecule has 1 aliphatic heterocycles. The van der Waals surface area contributed by atoms with Gasteiger partial charge < -0.3 is 14.8 Å². The Morgan fingerprint density at radius 1 is 1.36 bits per heavy atom. The Labute approximate surface area is 166 Å². The molecule has 1 aliphatic rings. The Morgan fingerprint density at radius 3 is 2.89 bits per heavy atom. The molecule has 7 nitrogen and oxygen atoms in total. The first-order chi connectivity index (χ1) is 13.8. The Balaban J connectivity index is 0.00000190. The molecule has 0 saturated heterocycles. The first-order valence-corrected chi connectivity index (χ1v) is 9.16. The predicted molar refractivity (Wildman–Crippen MR) is 114 cm³/mol. The van der Waals surface area contributed by atoms with Gasteiger partial charge in [-0.3, -0.25) is 0 Å². The molecular weight excluding hydrogens is 354 g/mol. The van der Waals surface area contributed by atoms with Crippen molar-refractivity contribution in [3.8, 4) is 0 Å². The molecule has 0 radical (unpaired) electrons. The van der Waals surface area contributed by atoms with Crippen molar-refractivity contribution in [3.05, 3.63) is 66.6 Å². The van der Waals surface area contributed by atoms with Crippen molar-refractivity contribution in [1.29, 1.82) is 0 Å². The van der Waals surface area contributed by atoms with Gasteiger partial charge in [-0.25, -0.2) is 14.7 Å². The quantitative estimate of drug-likeness (QED) is 0.695. The van der Waals surface area contributed by atoms with E-state index in [1.807, 2.05) is 61.9 Å². The van der Waals surface area contributed by atoms with E-state index in [0.717, 1.165) is 23.5 Å². The predicted octanol–water partition coefficient (Wildman–Crippen LogP) is 3.45. The Kier molecular flexibility index (Phi) is 11.3. The van der Waals surface area contributed by atoms with Crippen LogP contribution in [0.4, 0.5) is 0 Å². The van der Waals surface area contributed by atoms with Crippen molar-refractivity contribution in [3.63, 3.8) is 0 Å². The smallest absolute Gasteiger partial charge is 0.192 e. The number of aromatic nitrogens is 3. The highest BCUT2D eigenvalue weighted by molar-refractivity contribution is 5.78. The maximum Gasteiger partial charge on any atom is 0.192 e. The lowest BCUT2D eigenvalue weighted by Gasteiger charge is -2.10. The van der Waals surface area contributed by atoms with Gasteiger partial charge in [0.15, 0.2) is 11.7 Å². The van der Waals surface area contributed by atoms with Gasteiger partial charge in [-0.15, -0.1) is 0 Å². The van der Waals surface area contributed by atoms with Crippen LogP contribution in [0.25, 0.3) is 5.57 Å². The first-order valence-electron chi connectivity index (χ1n) is 9.16. The third-order valence-corrected chi connectivity index (χ3v) is 3.65. The summed E-state index contributed by atoms with van der Waals surface area (Å²) in [4.78, 5) is 16.7. The van der Waals surface area contributed by atoms with Gasteiger partial charge in [-0.1, -0.05) is 37.3 Å². The van der Waals surface area contributed by atoms with Gasteiger partial charge in [0, 0.05) is 30.9 Å². The van der Waals surface area contributed by atoms with E-state index in [1.54, 1.807) is 12.5 Å². The van der Waals surface area contributed by atoms with Crippen LogP contribution in [0, 0.1) is 0 Å². The zero-order chi connectivity index (χ0) is 20.6. The van der Waals surface area contributed by atoms with Crippen LogP contribution in [-0.2, 0) is 16.1 Å². The van der Waals surface area contributed by atoms with Crippen molar-refractivity contribution in [2.24, 2.45) is 4.99 Å². The standard InChI is InChI=1S/C20H27N5O.CH2O/c1-4-9-17(10-5-2)20-23-16-25(24-20)14-12-18(21-3)15-26-19-11-7-6-8-13-22-19;1-2/h4,6-10,12-13,16,21H,5,11,14-15H2,1-3H3;1H2/b9-4-,17-10+,18-12-;. The molecule has 0 spiro atoms. The summed E-state index contributed by atoms with van der Waals surface area (Å²) in [5, 5.41) is 7.71. The van der Waals surface area contributed by atoms with Crippen LogP contribution in [0.5, 0.6) is 0 Å². The lowest BCUT2D eigenvalue weighted by Crippen LogP contribution is -2.16. The molecule has 0 fully saturated rings. The first kappa shape index (κ1) is 22.8. The number of hydrogen-bond acceptors (Lipinski definition) is 6. The third kappa shape index (κ3) is 7.99. The summed E-state index contributed by atoms with van der Waals surface area (Å²) in [6.07, 6.45) is 19.2. The molecule has 0 amide bonds. The molecule has 1 N–H and O–H groups in total. The maximum atomic E-state index is 8.00. The second-order valence-corrected chi connectivity index (χ2v) is 5.62. The normalized spacial score (nSPS) is 14.3. The topological polar surface area (TPSA) is 81.4 Å². The van der Waals surface area contributed by atoms with Crippen LogP contribution in [0.2, 0.25) is 0 Å². The minimum absolute atomic E-state index is 0.443. The average Bonchev–Trinajstić information content (AvgIpc) is 3.04. The van der Waals surface area contributed by atoms with E-state index < -0.39 is 0 Å². The molecule has 0 saturated carbocycles. The largest absolute Gasteiger partial charge is 0.474 e. The van der Waals surface area contributed by atoms with E-state index in [4.69, 9.17) is 9.53 Å². The number of likely N-dealkylation sites (N-methyl/N-ethyl adjacent to an activating group) is 1. The van der Waals surface area contributed by atoms with Crippen molar-refractivity contribution in [2.75, 3.05) is 13.7 Å². The summed E-state index contributed by atoms with van der Waals surface area (Å²) in [6, 6.07) is 0. The highest BCUT2D eigenvalue weighted by Gasteiger charge is 2.05. The van der Waals surface area contributed by atoms with E-state index in [-0.39, 0.29) is 0 Å². The molecule has 0 bridgehead atoms. The van der Waals surface area contributed by atoms with Gasteiger partial charge in [0.25, 0.3) is 0 Å². The second-order valence-electron chi connectivity index (χ2n) is 5.62. The fourth-order valence-corrected chi connectivity index (χ4v) is 2.32. The third-order valence-electron chi connectivity index (χ3n) is 3.65.